The van der Waals surface area contributed by atoms with Gasteiger partial charge in [-0.1, -0.05) is 12.1 Å². The van der Waals surface area contributed by atoms with Crippen LogP contribution in [0.3, 0.4) is 0 Å². The van der Waals surface area contributed by atoms with Crippen LogP contribution in [0.25, 0.3) is 10.8 Å². The molecule has 0 amide bonds. The zero-order valence-corrected chi connectivity index (χ0v) is 11.7. The number of benzene rings is 2. The van der Waals surface area contributed by atoms with E-state index < -0.39 is 0 Å². The third-order valence-corrected chi connectivity index (χ3v) is 3.34. The van der Waals surface area contributed by atoms with Crippen molar-refractivity contribution in [1.82, 2.24) is 9.97 Å². The second kappa shape index (κ2) is 5.28. The highest BCUT2D eigenvalue weighted by atomic mass is 16.5. The van der Waals surface area contributed by atoms with Gasteiger partial charge in [-0.15, -0.1) is 0 Å². The van der Waals surface area contributed by atoms with Gasteiger partial charge in [0.05, 0.1) is 20.5 Å². The van der Waals surface area contributed by atoms with Crippen molar-refractivity contribution in [2.45, 2.75) is 0 Å². The topological polar surface area (TPSA) is 64.2 Å². The lowest BCUT2D eigenvalue weighted by Gasteiger charge is -2.09. The molecule has 2 aromatic carbocycles. The zero-order valence-electron chi connectivity index (χ0n) is 11.7. The Morgan fingerprint density at radius 1 is 1.05 bits per heavy atom. The highest BCUT2D eigenvalue weighted by Gasteiger charge is 2.13. The first kappa shape index (κ1) is 13.2. The standard InChI is InChI=1S/C16H14N2O3/c1-20-14-6-10-3-4-11(5-12(10)7-15(14)21-2)16(19)13-8-17-9-18-13/h3-9H,1-2H3,(H,17,18). The average Bonchev–Trinajstić information content (AvgIpc) is 3.06. The van der Waals surface area contributed by atoms with Crippen LogP contribution in [0.2, 0.25) is 0 Å². The van der Waals surface area contributed by atoms with Crippen molar-refractivity contribution >= 4 is 16.6 Å². The lowest BCUT2D eigenvalue weighted by molar-refractivity contribution is 0.103. The first-order chi connectivity index (χ1) is 10.2. The van der Waals surface area contributed by atoms with Crippen LogP contribution in [0.15, 0.2) is 42.9 Å². The van der Waals surface area contributed by atoms with E-state index in [9.17, 15) is 4.79 Å². The van der Waals surface area contributed by atoms with Gasteiger partial charge in [-0.2, -0.15) is 0 Å². The van der Waals surface area contributed by atoms with Crippen molar-refractivity contribution < 1.29 is 14.3 Å². The Morgan fingerprint density at radius 3 is 2.38 bits per heavy atom. The SMILES string of the molecule is COc1cc2ccc(C(=O)c3c[nH]cn3)cc2cc1OC. The van der Waals surface area contributed by atoms with E-state index in [1.165, 1.54) is 6.33 Å². The number of nitrogens with zero attached hydrogens (tertiary/aromatic N) is 1. The van der Waals surface area contributed by atoms with Gasteiger partial charge < -0.3 is 14.5 Å². The van der Waals surface area contributed by atoms with E-state index in [2.05, 4.69) is 9.97 Å². The van der Waals surface area contributed by atoms with E-state index >= 15 is 0 Å². The Balaban J connectivity index is 2.09. The first-order valence-electron chi connectivity index (χ1n) is 6.42. The lowest BCUT2D eigenvalue weighted by atomic mass is 10.0. The molecule has 1 heterocycles. The number of carbonyl (C=O) groups is 1. The number of imidazole rings is 1. The molecule has 3 aromatic rings. The predicted octanol–water partition coefficient (Wildman–Crippen LogP) is 2.81. The summed E-state index contributed by atoms with van der Waals surface area (Å²) in [5, 5.41) is 1.89. The fraction of sp³-hybridized carbons (Fsp3) is 0.125. The number of ether oxygens (including phenoxy) is 2. The van der Waals surface area contributed by atoms with Crippen molar-refractivity contribution in [2.75, 3.05) is 14.2 Å². The normalized spacial score (nSPS) is 10.6. The molecular weight excluding hydrogens is 268 g/mol. The zero-order chi connectivity index (χ0) is 14.8. The first-order valence-corrected chi connectivity index (χ1v) is 6.42. The summed E-state index contributed by atoms with van der Waals surface area (Å²) in [4.78, 5) is 19.1. The molecule has 0 saturated heterocycles. The maximum Gasteiger partial charge on any atom is 0.212 e. The summed E-state index contributed by atoms with van der Waals surface area (Å²) >= 11 is 0. The van der Waals surface area contributed by atoms with Crippen LogP contribution in [0, 0.1) is 0 Å². The van der Waals surface area contributed by atoms with E-state index in [1.807, 2.05) is 24.3 Å². The van der Waals surface area contributed by atoms with Crippen molar-refractivity contribution in [3.05, 3.63) is 54.1 Å². The summed E-state index contributed by atoms with van der Waals surface area (Å²) in [6.45, 7) is 0. The molecule has 0 bridgehead atoms. The van der Waals surface area contributed by atoms with E-state index in [0.717, 1.165) is 10.8 Å². The summed E-state index contributed by atoms with van der Waals surface area (Å²) in [5.74, 6) is 1.18. The summed E-state index contributed by atoms with van der Waals surface area (Å²) in [5.41, 5.74) is 0.983. The van der Waals surface area contributed by atoms with Gasteiger partial charge in [0.2, 0.25) is 5.78 Å². The third-order valence-electron chi connectivity index (χ3n) is 3.34. The molecule has 0 saturated carbocycles. The quantitative estimate of drug-likeness (QED) is 0.747. The van der Waals surface area contributed by atoms with Gasteiger partial charge >= 0.3 is 0 Å². The van der Waals surface area contributed by atoms with Crippen molar-refractivity contribution in [3.63, 3.8) is 0 Å². The van der Waals surface area contributed by atoms with Crippen molar-refractivity contribution in [3.8, 4) is 11.5 Å². The van der Waals surface area contributed by atoms with E-state index in [1.54, 1.807) is 26.5 Å². The van der Waals surface area contributed by atoms with Gasteiger partial charge in [0.1, 0.15) is 5.69 Å². The summed E-state index contributed by atoms with van der Waals surface area (Å²) in [6.07, 6.45) is 3.07. The third kappa shape index (κ3) is 2.33. The van der Waals surface area contributed by atoms with Gasteiger partial charge in [0.15, 0.2) is 11.5 Å². The number of methoxy groups -OCH3 is 2. The molecule has 1 N–H and O–H groups in total. The van der Waals surface area contributed by atoms with Gasteiger partial charge in [-0.05, 0) is 29.0 Å². The van der Waals surface area contributed by atoms with E-state index in [-0.39, 0.29) is 5.78 Å². The molecule has 0 fully saturated rings. The molecule has 5 heteroatoms. The highest BCUT2D eigenvalue weighted by molar-refractivity contribution is 6.09. The Bertz CT molecular complexity index is 795. The van der Waals surface area contributed by atoms with Crippen LogP contribution < -0.4 is 9.47 Å². The van der Waals surface area contributed by atoms with Crippen molar-refractivity contribution in [1.29, 1.82) is 0 Å². The number of nitrogens with one attached hydrogen (secondary N) is 1. The number of aromatic nitrogens is 2. The Hall–Kier alpha value is -2.82. The largest absolute Gasteiger partial charge is 0.493 e. The molecule has 0 aliphatic heterocycles. The fourth-order valence-electron chi connectivity index (χ4n) is 2.25. The van der Waals surface area contributed by atoms with Gasteiger partial charge in [-0.25, -0.2) is 4.98 Å². The minimum absolute atomic E-state index is 0.118. The monoisotopic (exact) mass is 282 g/mol. The Kier molecular flexibility index (Phi) is 3.31. The molecule has 0 spiro atoms. The fourth-order valence-corrected chi connectivity index (χ4v) is 2.25. The number of rotatable bonds is 4. The smallest absolute Gasteiger partial charge is 0.212 e. The maximum atomic E-state index is 12.3. The highest BCUT2D eigenvalue weighted by Crippen LogP contribution is 2.32. The predicted molar refractivity (Wildman–Crippen MR) is 79.1 cm³/mol. The molecule has 0 unspecified atom stereocenters. The minimum atomic E-state index is -0.118. The molecule has 106 valence electrons. The molecule has 0 aliphatic carbocycles. The molecule has 0 radical (unpaired) electrons. The van der Waals surface area contributed by atoms with Crippen LogP contribution in [0.4, 0.5) is 0 Å². The number of carbonyl (C=O) groups excluding carboxylic acids is 1. The average molecular weight is 282 g/mol. The minimum Gasteiger partial charge on any atom is -0.493 e. The Labute approximate surface area is 121 Å². The molecule has 21 heavy (non-hydrogen) atoms. The Morgan fingerprint density at radius 2 is 1.76 bits per heavy atom. The summed E-state index contributed by atoms with van der Waals surface area (Å²) in [6, 6.07) is 9.24. The van der Waals surface area contributed by atoms with Gasteiger partial charge in [0, 0.05) is 11.8 Å². The van der Waals surface area contributed by atoms with Crippen LogP contribution in [-0.4, -0.2) is 30.0 Å². The summed E-state index contributed by atoms with van der Waals surface area (Å²) in [7, 11) is 3.18. The van der Waals surface area contributed by atoms with Crippen molar-refractivity contribution in [2.24, 2.45) is 0 Å². The molecule has 0 aliphatic rings. The molecular formula is C16H14N2O3. The van der Waals surface area contributed by atoms with Gasteiger partial charge in [-0.3, -0.25) is 4.79 Å². The summed E-state index contributed by atoms with van der Waals surface area (Å²) < 4.78 is 10.6. The second-order valence-corrected chi connectivity index (χ2v) is 4.55. The number of ketones is 1. The molecule has 5 nitrogen and oxygen atoms in total. The maximum absolute atomic E-state index is 12.3. The molecule has 0 atom stereocenters. The lowest BCUT2D eigenvalue weighted by Crippen LogP contribution is -2.01. The van der Waals surface area contributed by atoms with E-state index in [4.69, 9.17) is 9.47 Å². The second-order valence-electron chi connectivity index (χ2n) is 4.55. The number of fused-ring (bicyclic) bond motifs is 1. The molecule has 3 rings (SSSR count). The number of H-pyrrole nitrogens is 1. The van der Waals surface area contributed by atoms with Crippen LogP contribution in [0.1, 0.15) is 16.1 Å². The number of hydrogen-bond donors (Lipinski definition) is 1. The van der Waals surface area contributed by atoms with Crippen LogP contribution in [-0.2, 0) is 0 Å². The van der Waals surface area contributed by atoms with E-state index in [0.29, 0.717) is 22.8 Å². The number of hydrogen-bond acceptors (Lipinski definition) is 4. The van der Waals surface area contributed by atoms with Crippen LogP contribution in [0.5, 0.6) is 11.5 Å². The van der Waals surface area contributed by atoms with Crippen LogP contribution >= 0.6 is 0 Å². The molecule has 1 aromatic heterocycles. The van der Waals surface area contributed by atoms with Gasteiger partial charge in [0.25, 0.3) is 0 Å². The number of aromatic amines is 1.